The molecule has 0 aliphatic rings. The van der Waals surface area contributed by atoms with Crippen LogP contribution in [-0.4, -0.2) is 36.0 Å². The Morgan fingerprint density at radius 3 is 2.77 bits per heavy atom. The van der Waals surface area contributed by atoms with Gasteiger partial charge in [0, 0.05) is 36.2 Å². The molecule has 0 fully saturated rings. The van der Waals surface area contributed by atoms with Gasteiger partial charge in [-0.25, -0.2) is 19.9 Å². The van der Waals surface area contributed by atoms with E-state index in [9.17, 15) is 10.1 Å². The molecule has 0 atom stereocenters. The quantitative estimate of drug-likeness (QED) is 0.325. The maximum atomic E-state index is 11.5. The number of hydrogen-bond donors (Lipinski definition) is 2. The first-order valence-electron chi connectivity index (χ1n) is 7.71. The van der Waals surface area contributed by atoms with Crippen LogP contribution in [0.15, 0.2) is 47.9 Å². The van der Waals surface area contributed by atoms with Crippen LogP contribution in [0.3, 0.4) is 0 Å². The summed E-state index contributed by atoms with van der Waals surface area (Å²) in [6, 6.07) is 3.46. The fourth-order valence-corrected chi connectivity index (χ4v) is 2.47. The minimum Gasteiger partial charge on any atom is -0.364 e. The Kier molecular flexibility index (Phi) is 5.69. The molecule has 0 radical (unpaired) electrons. The van der Waals surface area contributed by atoms with Crippen LogP contribution in [0.5, 0.6) is 0 Å². The second-order valence-corrected chi connectivity index (χ2v) is 6.16. The number of nitro groups is 1. The molecule has 134 valence electrons. The lowest BCUT2D eigenvalue weighted by Crippen LogP contribution is -2.11. The van der Waals surface area contributed by atoms with Crippen molar-refractivity contribution in [2.75, 3.05) is 17.2 Å². The average molecular weight is 419 g/mol. The fourth-order valence-electron chi connectivity index (χ4n) is 2.23. The number of anilines is 3. The van der Waals surface area contributed by atoms with Crippen LogP contribution in [-0.2, 0) is 6.54 Å². The zero-order valence-electron chi connectivity index (χ0n) is 13.5. The predicted molar refractivity (Wildman–Crippen MR) is 99.2 cm³/mol. The summed E-state index contributed by atoms with van der Waals surface area (Å²) in [4.78, 5) is 27.1. The van der Waals surface area contributed by atoms with Crippen LogP contribution in [0.2, 0.25) is 0 Å². The van der Waals surface area contributed by atoms with Crippen molar-refractivity contribution in [1.29, 1.82) is 0 Å². The van der Waals surface area contributed by atoms with E-state index in [1.807, 2.05) is 10.8 Å². The SMILES string of the molecule is O=[N+]([O-])c1c(NCCCn2ccnc2)ncnc1Nc1ccc(Br)cn1. The third kappa shape index (κ3) is 4.51. The maximum absolute atomic E-state index is 11.5. The molecule has 0 aromatic carbocycles. The Morgan fingerprint density at radius 1 is 1.23 bits per heavy atom. The van der Waals surface area contributed by atoms with Crippen LogP contribution >= 0.6 is 15.9 Å². The lowest BCUT2D eigenvalue weighted by molar-refractivity contribution is -0.383. The van der Waals surface area contributed by atoms with Crippen molar-refractivity contribution in [2.24, 2.45) is 0 Å². The molecule has 0 bridgehead atoms. The van der Waals surface area contributed by atoms with Crippen LogP contribution in [0.1, 0.15) is 6.42 Å². The van der Waals surface area contributed by atoms with Gasteiger partial charge >= 0.3 is 5.69 Å². The highest BCUT2D eigenvalue weighted by atomic mass is 79.9. The van der Waals surface area contributed by atoms with Crippen LogP contribution in [0.25, 0.3) is 0 Å². The topological polar surface area (TPSA) is 124 Å². The van der Waals surface area contributed by atoms with Gasteiger partial charge in [0.25, 0.3) is 0 Å². The Labute approximate surface area is 157 Å². The molecule has 0 spiro atoms. The van der Waals surface area contributed by atoms with Crippen LogP contribution < -0.4 is 10.6 Å². The first kappa shape index (κ1) is 17.7. The number of halogens is 1. The number of aromatic nitrogens is 5. The van der Waals surface area contributed by atoms with Crippen molar-refractivity contribution < 1.29 is 4.92 Å². The van der Waals surface area contributed by atoms with Gasteiger partial charge in [0.05, 0.1) is 11.3 Å². The van der Waals surface area contributed by atoms with E-state index in [-0.39, 0.29) is 17.3 Å². The van der Waals surface area contributed by atoms with E-state index in [1.54, 1.807) is 30.9 Å². The molecule has 0 saturated carbocycles. The van der Waals surface area contributed by atoms with Gasteiger partial charge in [-0.3, -0.25) is 10.1 Å². The van der Waals surface area contributed by atoms with Crippen LogP contribution in [0, 0.1) is 10.1 Å². The molecule has 0 saturated heterocycles. The Bertz CT molecular complexity index is 870. The van der Waals surface area contributed by atoms with Gasteiger partial charge in [0.1, 0.15) is 12.1 Å². The largest absolute Gasteiger partial charge is 0.364 e. The molecule has 0 aliphatic carbocycles. The number of imidazole rings is 1. The van der Waals surface area contributed by atoms with Crippen molar-refractivity contribution in [3.63, 3.8) is 0 Å². The standard InChI is InChI=1S/C15H15BrN8O2/c16-11-2-3-12(19-8-11)22-15-13(24(25)26)14(20-9-21-15)18-4-1-6-23-7-5-17-10-23/h2-3,5,7-10H,1,4,6H2,(H2,18,19,20,21,22). The van der Waals surface area contributed by atoms with E-state index in [0.717, 1.165) is 17.4 Å². The normalized spacial score (nSPS) is 10.5. The van der Waals surface area contributed by atoms with Crippen molar-refractivity contribution >= 4 is 39.1 Å². The lowest BCUT2D eigenvalue weighted by Gasteiger charge is -2.10. The third-order valence-corrected chi connectivity index (χ3v) is 3.89. The van der Waals surface area contributed by atoms with E-state index in [0.29, 0.717) is 12.4 Å². The van der Waals surface area contributed by atoms with Gasteiger partial charge in [0.2, 0.25) is 11.6 Å². The molecule has 0 aliphatic heterocycles. The highest BCUT2D eigenvalue weighted by Gasteiger charge is 2.23. The number of nitrogens with one attached hydrogen (secondary N) is 2. The van der Waals surface area contributed by atoms with Crippen molar-refractivity contribution in [1.82, 2.24) is 24.5 Å². The first-order valence-corrected chi connectivity index (χ1v) is 8.50. The number of hydrogen-bond acceptors (Lipinski definition) is 8. The molecule has 3 aromatic heterocycles. The zero-order valence-corrected chi connectivity index (χ0v) is 15.1. The van der Waals surface area contributed by atoms with E-state index in [4.69, 9.17) is 0 Å². The predicted octanol–water partition coefficient (Wildman–Crippen LogP) is 2.98. The fraction of sp³-hybridized carbons (Fsp3) is 0.200. The molecule has 26 heavy (non-hydrogen) atoms. The summed E-state index contributed by atoms with van der Waals surface area (Å²) in [7, 11) is 0. The van der Waals surface area contributed by atoms with E-state index in [1.165, 1.54) is 6.33 Å². The first-order chi connectivity index (χ1) is 12.6. The van der Waals surface area contributed by atoms with Crippen molar-refractivity contribution in [3.8, 4) is 0 Å². The Morgan fingerprint density at radius 2 is 2.08 bits per heavy atom. The number of rotatable bonds is 8. The van der Waals surface area contributed by atoms with E-state index < -0.39 is 4.92 Å². The minimum atomic E-state index is -0.514. The average Bonchev–Trinajstić information content (AvgIpc) is 3.14. The highest BCUT2D eigenvalue weighted by molar-refractivity contribution is 9.10. The van der Waals surface area contributed by atoms with Gasteiger partial charge in [-0.1, -0.05) is 0 Å². The number of nitrogens with zero attached hydrogens (tertiary/aromatic N) is 6. The van der Waals surface area contributed by atoms with Crippen molar-refractivity contribution in [2.45, 2.75) is 13.0 Å². The summed E-state index contributed by atoms with van der Waals surface area (Å²) in [5.74, 6) is 0.688. The maximum Gasteiger partial charge on any atom is 0.353 e. The van der Waals surface area contributed by atoms with Gasteiger partial charge < -0.3 is 15.2 Å². The minimum absolute atomic E-state index is 0.0805. The van der Waals surface area contributed by atoms with Gasteiger partial charge in [0.15, 0.2) is 0 Å². The zero-order chi connectivity index (χ0) is 18.4. The van der Waals surface area contributed by atoms with Crippen molar-refractivity contribution in [3.05, 3.63) is 58.0 Å². The molecule has 10 nitrogen and oxygen atoms in total. The molecular formula is C15H15BrN8O2. The summed E-state index contributed by atoms with van der Waals surface area (Å²) in [6.07, 6.45) is 8.91. The third-order valence-electron chi connectivity index (χ3n) is 3.42. The van der Waals surface area contributed by atoms with E-state index >= 15 is 0 Å². The number of aryl methyl sites for hydroxylation is 1. The lowest BCUT2D eigenvalue weighted by atomic mass is 10.3. The molecule has 2 N–H and O–H groups in total. The molecule has 0 amide bonds. The van der Waals surface area contributed by atoms with E-state index in [2.05, 4.69) is 46.5 Å². The number of pyridine rings is 1. The molecular weight excluding hydrogens is 404 g/mol. The summed E-state index contributed by atoms with van der Waals surface area (Å²) in [5.41, 5.74) is -0.222. The van der Waals surface area contributed by atoms with Gasteiger partial charge in [-0.05, 0) is 34.5 Å². The Hall–Kier alpha value is -3.08. The summed E-state index contributed by atoms with van der Waals surface area (Å²) >= 11 is 3.29. The summed E-state index contributed by atoms with van der Waals surface area (Å²) in [6.45, 7) is 1.27. The van der Waals surface area contributed by atoms with Gasteiger partial charge in [-0.2, -0.15) is 0 Å². The molecule has 0 unspecified atom stereocenters. The molecule has 3 aromatic rings. The van der Waals surface area contributed by atoms with Gasteiger partial charge in [-0.15, -0.1) is 0 Å². The summed E-state index contributed by atoms with van der Waals surface area (Å²) < 4.78 is 2.74. The molecule has 11 heteroatoms. The highest BCUT2D eigenvalue weighted by Crippen LogP contribution is 2.30. The Balaban J connectivity index is 1.70. The second-order valence-electron chi connectivity index (χ2n) is 5.24. The molecule has 3 heterocycles. The smallest absolute Gasteiger partial charge is 0.353 e. The second kappa shape index (κ2) is 8.34. The molecule has 3 rings (SSSR count). The summed E-state index contributed by atoms with van der Waals surface area (Å²) in [5, 5.41) is 17.4. The van der Waals surface area contributed by atoms with Crippen LogP contribution in [0.4, 0.5) is 23.1 Å². The monoisotopic (exact) mass is 418 g/mol.